The maximum atomic E-state index is 13.5. The number of hydrogen-bond donors (Lipinski definition) is 0. The van der Waals surface area contributed by atoms with Gasteiger partial charge in [-0.1, -0.05) is 46.8 Å². The Morgan fingerprint density at radius 2 is 1.97 bits per heavy atom. The summed E-state index contributed by atoms with van der Waals surface area (Å²) in [6, 6.07) is 8.92. The van der Waals surface area contributed by atoms with E-state index in [-0.39, 0.29) is 16.5 Å². The molecule has 1 heterocycles. The molecule has 0 N–H and O–H groups in total. The number of aromatic nitrogens is 2. The number of hydrogen-bond acceptors (Lipinski definition) is 6. The van der Waals surface area contributed by atoms with Crippen molar-refractivity contribution in [3.8, 4) is 5.75 Å². The smallest absolute Gasteiger partial charge is 0.346 e. The minimum Gasteiger partial charge on any atom is -0.476 e. The first-order chi connectivity index (χ1) is 16.8. The lowest BCUT2D eigenvalue weighted by Gasteiger charge is -2.22. The largest absolute Gasteiger partial charge is 0.476 e. The number of fused-ring (bicyclic) bond motifs is 1. The highest BCUT2D eigenvalue weighted by molar-refractivity contribution is 9.10. The Morgan fingerprint density at radius 3 is 2.66 bits per heavy atom. The second-order valence-corrected chi connectivity index (χ2v) is 10.6. The second-order valence-electron chi connectivity index (χ2n) is 8.42. The van der Waals surface area contributed by atoms with Gasteiger partial charge in [-0.3, -0.25) is 4.79 Å². The van der Waals surface area contributed by atoms with E-state index in [9.17, 15) is 9.59 Å². The summed E-state index contributed by atoms with van der Waals surface area (Å²) in [5, 5.41) is 5.34. The SMILES string of the molecule is COC(=O)[C@@H](C)Oc1c(Cl)cc(C=Nn2c(C3CCCCC3)nc3ccc(Br)cc3c2=O)cc1Br. The Hall–Kier alpha value is -2.23. The first kappa shape index (κ1) is 25.9. The van der Waals surface area contributed by atoms with Crippen LogP contribution in [0.5, 0.6) is 5.75 Å². The van der Waals surface area contributed by atoms with E-state index in [4.69, 9.17) is 26.1 Å². The Balaban J connectivity index is 1.73. The van der Waals surface area contributed by atoms with Crippen LogP contribution in [0.2, 0.25) is 5.02 Å². The number of carbonyl (C=O) groups excluding carboxylic acids is 1. The molecule has 35 heavy (non-hydrogen) atoms. The van der Waals surface area contributed by atoms with Gasteiger partial charge in [0.25, 0.3) is 5.56 Å². The Labute approximate surface area is 224 Å². The molecule has 184 valence electrons. The van der Waals surface area contributed by atoms with Gasteiger partial charge < -0.3 is 9.47 Å². The number of benzene rings is 2. The van der Waals surface area contributed by atoms with Crippen molar-refractivity contribution in [1.29, 1.82) is 0 Å². The molecule has 0 radical (unpaired) electrons. The number of esters is 1. The molecule has 1 fully saturated rings. The van der Waals surface area contributed by atoms with Gasteiger partial charge in [0, 0.05) is 10.4 Å². The zero-order chi connectivity index (χ0) is 25.1. The lowest BCUT2D eigenvalue weighted by molar-refractivity contribution is -0.147. The van der Waals surface area contributed by atoms with Gasteiger partial charge in [0.05, 0.1) is 33.7 Å². The van der Waals surface area contributed by atoms with Crippen LogP contribution >= 0.6 is 43.5 Å². The Kier molecular flexibility index (Phi) is 8.29. The molecule has 1 aromatic heterocycles. The molecule has 0 bridgehead atoms. The zero-order valence-electron chi connectivity index (χ0n) is 19.3. The van der Waals surface area contributed by atoms with Crippen molar-refractivity contribution in [2.45, 2.75) is 51.0 Å². The summed E-state index contributed by atoms with van der Waals surface area (Å²) >= 11 is 13.3. The van der Waals surface area contributed by atoms with E-state index >= 15 is 0 Å². The molecular weight excluding hydrogens is 602 g/mol. The van der Waals surface area contributed by atoms with Crippen molar-refractivity contribution in [3.63, 3.8) is 0 Å². The third-order valence-corrected chi connectivity index (χ3v) is 7.34. The molecule has 2 aromatic carbocycles. The highest BCUT2D eigenvalue weighted by Gasteiger charge is 2.23. The lowest BCUT2D eigenvalue weighted by atomic mass is 9.88. The molecule has 0 aliphatic heterocycles. The minimum atomic E-state index is -0.826. The third kappa shape index (κ3) is 5.78. The summed E-state index contributed by atoms with van der Waals surface area (Å²) in [7, 11) is 1.29. The van der Waals surface area contributed by atoms with E-state index < -0.39 is 12.1 Å². The van der Waals surface area contributed by atoms with Crippen molar-refractivity contribution in [1.82, 2.24) is 9.66 Å². The number of ether oxygens (including phenoxy) is 2. The average molecular weight is 626 g/mol. The van der Waals surface area contributed by atoms with E-state index in [1.165, 1.54) is 18.2 Å². The van der Waals surface area contributed by atoms with Gasteiger partial charge in [0.15, 0.2) is 11.9 Å². The topological polar surface area (TPSA) is 82.8 Å². The van der Waals surface area contributed by atoms with Crippen LogP contribution in [0.25, 0.3) is 10.9 Å². The van der Waals surface area contributed by atoms with E-state index in [0.717, 1.165) is 30.2 Å². The summed E-state index contributed by atoms with van der Waals surface area (Å²) < 4.78 is 13.1. The summed E-state index contributed by atoms with van der Waals surface area (Å²) in [5.74, 6) is 0.660. The Morgan fingerprint density at radius 1 is 1.23 bits per heavy atom. The standard InChI is InChI=1S/C25H24Br2ClN3O4/c1-14(25(33)34-2)35-22-19(27)10-15(11-20(22)28)13-29-31-23(16-6-4-3-5-7-16)30-21-9-8-17(26)12-18(21)24(31)32/h8-14,16H,3-7H2,1-2H3/t14-/m1/s1. The van der Waals surface area contributed by atoms with Gasteiger partial charge in [-0.2, -0.15) is 9.78 Å². The van der Waals surface area contributed by atoms with Crippen LogP contribution in [0.1, 0.15) is 56.3 Å². The Bertz CT molecular complexity index is 1330. The number of rotatable bonds is 6. The predicted molar refractivity (Wildman–Crippen MR) is 144 cm³/mol. The lowest BCUT2D eigenvalue weighted by Crippen LogP contribution is -2.25. The second kappa shape index (κ2) is 11.2. The van der Waals surface area contributed by atoms with Crippen LogP contribution in [0.3, 0.4) is 0 Å². The molecular formula is C25H24Br2ClN3O4. The molecule has 1 aliphatic carbocycles. The molecule has 3 aromatic rings. The van der Waals surface area contributed by atoms with Crippen molar-refractivity contribution >= 4 is 66.5 Å². The fourth-order valence-electron chi connectivity index (χ4n) is 4.18. The van der Waals surface area contributed by atoms with Crippen LogP contribution in [-0.2, 0) is 9.53 Å². The van der Waals surface area contributed by atoms with Gasteiger partial charge in [0.1, 0.15) is 5.82 Å². The summed E-state index contributed by atoms with van der Waals surface area (Å²) in [6.07, 6.45) is 6.11. The van der Waals surface area contributed by atoms with E-state index in [1.54, 1.807) is 31.3 Å². The monoisotopic (exact) mass is 623 g/mol. The molecule has 0 amide bonds. The minimum absolute atomic E-state index is 0.174. The quantitative estimate of drug-likeness (QED) is 0.233. The van der Waals surface area contributed by atoms with Crippen LogP contribution < -0.4 is 10.3 Å². The summed E-state index contributed by atoms with van der Waals surface area (Å²) in [6.45, 7) is 1.58. The highest BCUT2D eigenvalue weighted by Crippen LogP contribution is 2.35. The maximum Gasteiger partial charge on any atom is 0.346 e. The summed E-state index contributed by atoms with van der Waals surface area (Å²) in [4.78, 5) is 30.0. The molecule has 0 unspecified atom stereocenters. The molecule has 4 rings (SSSR count). The summed E-state index contributed by atoms with van der Waals surface area (Å²) in [5.41, 5.74) is 1.10. The van der Waals surface area contributed by atoms with Crippen molar-refractivity contribution in [2.75, 3.05) is 7.11 Å². The van der Waals surface area contributed by atoms with Crippen molar-refractivity contribution in [2.24, 2.45) is 5.10 Å². The normalized spacial score (nSPS) is 15.5. The maximum absolute atomic E-state index is 13.5. The van der Waals surface area contributed by atoms with Gasteiger partial charge in [-0.05, 0) is 71.6 Å². The number of methoxy groups -OCH3 is 1. The highest BCUT2D eigenvalue weighted by atomic mass is 79.9. The van der Waals surface area contributed by atoms with E-state index in [2.05, 4.69) is 37.0 Å². The van der Waals surface area contributed by atoms with Gasteiger partial charge in [0.2, 0.25) is 0 Å². The fraction of sp³-hybridized carbons (Fsp3) is 0.360. The molecule has 10 heteroatoms. The van der Waals surface area contributed by atoms with E-state index in [0.29, 0.717) is 32.5 Å². The van der Waals surface area contributed by atoms with Crippen LogP contribution in [0.4, 0.5) is 0 Å². The zero-order valence-corrected chi connectivity index (χ0v) is 23.2. The van der Waals surface area contributed by atoms with Gasteiger partial charge >= 0.3 is 5.97 Å². The molecule has 1 saturated carbocycles. The van der Waals surface area contributed by atoms with Crippen LogP contribution in [0.15, 0.2) is 49.2 Å². The molecule has 1 atom stereocenters. The number of halogens is 3. The van der Waals surface area contributed by atoms with Gasteiger partial charge in [-0.15, -0.1) is 0 Å². The third-order valence-electron chi connectivity index (χ3n) is 5.97. The fourth-order valence-corrected chi connectivity index (χ4v) is 5.50. The molecule has 1 aliphatic rings. The molecule has 7 nitrogen and oxygen atoms in total. The van der Waals surface area contributed by atoms with Gasteiger partial charge in [-0.25, -0.2) is 9.78 Å². The van der Waals surface area contributed by atoms with Crippen LogP contribution in [-0.4, -0.2) is 35.1 Å². The number of nitrogens with zero attached hydrogens (tertiary/aromatic N) is 3. The predicted octanol–water partition coefficient (Wildman–Crippen LogP) is 6.45. The van der Waals surface area contributed by atoms with Crippen LogP contribution in [0, 0.1) is 0 Å². The average Bonchev–Trinajstić information content (AvgIpc) is 2.85. The first-order valence-electron chi connectivity index (χ1n) is 11.3. The molecule has 0 spiro atoms. The van der Waals surface area contributed by atoms with E-state index in [1.807, 2.05) is 12.1 Å². The first-order valence-corrected chi connectivity index (χ1v) is 13.2. The van der Waals surface area contributed by atoms with Crippen molar-refractivity contribution in [3.05, 3.63) is 66.0 Å². The number of carbonyl (C=O) groups is 1. The van der Waals surface area contributed by atoms with Crippen molar-refractivity contribution < 1.29 is 14.3 Å². The molecule has 0 saturated heterocycles.